The Morgan fingerprint density at radius 2 is 1.78 bits per heavy atom. The summed E-state index contributed by atoms with van der Waals surface area (Å²) in [5.41, 5.74) is 5.27. The van der Waals surface area contributed by atoms with Gasteiger partial charge in [-0.1, -0.05) is 0 Å². The number of amides is 2. The molecule has 0 spiro atoms. The molecule has 0 aromatic rings. The number of aliphatic carboxylic acids is 1. The fourth-order valence-electron chi connectivity index (χ4n) is 2.99. The number of carboxylic acid groups (broad SMARTS) is 1. The van der Waals surface area contributed by atoms with Crippen LogP contribution in [0.3, 0.4) is 0 Å². The summed E-state index contributed by atoms with van der Waals surface area (Å²) in [5, 5.41) is 8.92. The normalized spacial score (nSPS) is 31.6. The fourth-order valence-corrected chi connectivity index (χ4v) is 2.99. The average Bonchev–Trinajstić information content (AvgIpc) is 2.97. The van der Waals surface area contributed by atoms with E-state index in [1.165, 1.54) is 4.90 Å². The van der Waals surface area contributed by atoms with Crippen LogP contribution in [0.25, 0.3) is 0 Å². The van der Waals surface area contributed by atoms with Gasteiger partial charge in [-0.25, -0.2) is 0 Å². The maximum Gasteiger partial charge on any atom is 0.306 e. The third-order valence-electron chi connectivity index (χ3n) is 4.00. The number of likely N-dealkylation sites (tertiary alicyclic amines) is 1. The molecule has 2 amide bonds. The SMILES string of the molecule is NC(=O)C1CCCN1C(=O)C1CCC(C(=O)O)C1. The predicted octanol–water partition coefficient (Wildman–Crippen LogP) is -0.0364. The molecule has 0 aromatic heterocycles. The molecule has 1 saturated carbocycles. The first kappa shape index (κ1) is 12.9. The van der Waals surface area contributed by atoms with Crippen molar-refractivity contribution in [3.63, 3.8) is 0 Å². The second-order valence-corrected chi connectivity index (χ2v) is 5.14. The van der Waals surface area contributed by atoms with Gasteiger partial charge in [-0.15, -0.1) is 0 Å². The van der Waals surface area contributed by atoms with Gasteiger partial charge in [0.2, 0.25) is 11.8 Å². The Morgan fingerprint density at radius 3 is 2.33 bits per heavy atom. The zero-order chi connectivity index (χ0) is 13.3. The molecule has 2 aliphatic rings. The summed E-state index contributed by atoms with van der Waals surface area (Å²) in [7, 11) is 0. The molecule has 0 radical (unpaired) electrons. The highest BCUT2D eigenvalue weighted by atomic mass is 16.4. The lowest BCUT2D eigenvalue weighted by molar-refractivity contribution is -0.142. The molecule has 1 heterocycles. The number of carbonyl (C=O) groups excluding carboxylic acids is 2. The largest absolute Gasteiger partial charge is 0.481 e. The summed E-state index contributed by atoms with van der Waals surface area (Å²) < 4.78 is 0. The Hall–Kier alpha value is -1.59. The standard InChI is InChI=1S/C12H18N2O4/c13-10(15)9-2-1-5-14(9)11(16)7-3-4-8(6-7)12(17)18/h7-9H,1-6H2,(H2,13,15)(H,17,18). The minimum atomic E-state index is -0.835. The van der Waals surface area contributed by atoms with Crippen LogP contribution in [0, 0.1) is 11.8 Å². The molecule has 6 nitrogen and oxygen atoms in total. The minimum absolute atomic E-state index is 0.0972. The van der Waals surface area contributed by atoms with E-state index in [0.29, 0.717) is 32.2 Å². The van der Waals surface area contributed by atoms with Crippen LogP contribution in [0.2, 0.25) is 0 Å². The third kappa shape index (κ3) is 2.32. The Bertz CT molecular complexity index is 382. The zero-order valence-corrected chi connectivity index (χ0v) is 10.2. The van der Waals surface area contributed by atoms with Gasteiger partial charge in [0.1, 0.15) is 6.04 Å². The smallest absolute Gasteiger partial charge is 0.306 e. The molecular weight excluding hydrogens is 236 g/mol. The van der Waals surface area contributed by atoms with E-state index in [4.69, 9.17) is 10.8 Å². The number of carboxylic acids is 1. The molecule has 2 rings (SSSR count). The fraction of sp³-hybridized carbons (Fsp3) is 0.750. The maximum absolute atomic E-state index is 12.3. The second-order valence-electron chi connectivity index (χ2n) is 5.14. The van der Waals surface area contributed by atoms with Crippen molar-refractivity contribution >= 4 is 17.8 Å². The van der Waals surface area contributed by atoms with E-state index >= 15 is 0 Å². The average molecular weight is 254 g/mol. The molecule has 6 heteroatoms. The summed E-state index contributed by atoms with van der Waals surface area (Å²) in [6.07, 6.45) is 2.93. The highest BCUT2D eigenvalue weighted by Crippen LogP contribution is 2.34. The molecule has 0 bridgehead atoms. The van der Waals surface area contributed by atoms with E-state index in [1.54, 1.807) is 0 Å². The molecule has 3 N–H and O–H groups in total. The summed E-state index contributed by atoms with van der Waals surface area (Å²) in [5.74, 6) is -2.08. The highest BCUT2D eigenvalue weighted by Gasteiger charge is 2.40. The van der Waals surface area contributed by atoms with Crippen molar-refractivity contribution in [2.24, 2.45) is 17.6 Å². The van der Waals surface area contributed by atoms with Gasteiger partial charge < -0.3 is 15.7 Å². The van der Waals surface area contributed by atoms with Crippen molar-refractivity contribution < 1.29 is 19.5 Å². The molecule has 18 heavy (non-hydrogen) atoms. The van der Waals surface area contributed by atoms with Crippen LogP contribution in [-0.4, -0.2) is 40.4 Å². The van der Waals surface area contributed by atoms with Gasteiger partial charge in [-0.2, -0.15) is 0 Å². The molecule has 3 atom stereocenters. The summed E-state index contributed by atoms with van der Waals surface area (Å²) >= 11 is 0. The summed E-state index contributed by atoms with van der Waals surface area (Å²) in [6.45, 7) is 0.556. The molecule has 3 unspecified atom stereocenters. The lowest BCUT2D eigenvalue weighted by Crippen LogP contribution is -2.45. The maximum atomic E-state index is 12.3. The van der Waals surface area contributed by atoms with E-state index in [2.05, 4.69) is 0 Å². The van der Waals surface area contributed by atoms with Crippen molar-refractivity contribution in [1.82, 2.24) is 4.90 Å². The monoisotopic (exact) mass is 254 g/mol. The van der Waals surface area contributed by atoms with E-state index < -0.39 is 23.8 Å². The van der Waals surface area contributed by atoms with Crippen LogP contribution >= 0.6 is 0 Å². The van der Waals surface area contributed by atoms with Crippen molar-refractivity contribution in [1.29, 1.82) is 0 Å². The van der Waals surface area contributed by atoms with Crippen molar-refractivity contribution in [2.45, 2.75) is 38.1 Å². The molecular formula is C12H18N2O4. The highest BCUT2D eigenvalue weighted by molar-refractivity contribution is 5.88. The quantitative estimate of drug-likeness (QED) is 0.738. The number of nitrogens with zero attached hydrogens (tertiary/aromatic N) is 1. The van der Waals surface area contributed by atoms with Crippen molar-refractivity contribution in [2.75, 3.05) is 6.54 Å². The summed E-state index contributed by atoms with van der Waals surface area (Å²) in [4.78, 5) is 35.9. The van der Waals surface area contributed by atoms with Crippen LogP contribution in [-0.2, 0) is 14.4 Å². The number of carbonyl (C=O) groups is 3. The first-order valence-electron chi connectivity index (χ1n) is 6.33. The molecule has 100 valence electrons. The Labute approximate surface area is 105 Å². The van der Waals surface area contributed by atoms with Gasteiger partial charge in [0, 0.05) is 12.5 Å². The van der Waals surface area contributed by atoms with E-state index in [1.807, 2.05) is 0 Å². The Kier molecular flexibility index (Phi) is 3.54. The second kappa shape index (κ2) is 4.96. The van der Waals surface area contributed by atoms with Crippen LogP contribution in [0.5, 0.6) is 0 Å². The molecule has 1 saturated heterocycles. The minimum Gasteiger partial charge on any atom is -0.481 e. The van der Waals surface area contributed by atoms with Crippen LogP contribution in [0.1, 0.15) is 32.1 Å². The lowest BCUT2D eigenvalue weighted by atomic mass is 10.0. The van der Waals surface area contributed by atoms with Crippen molar-refractivity contribution in [3.05, 3.63) is 0 Å². The molecule has 2 fully saturated rings. The number of hydrogen-bond donors (Lipinski definition) is 2. The predicted molar refractivity (Wildman–Crippen MR) is 62.4 cm³/mol. The Morgan fingerprint density at radius 1 is 1.11 bits per heavy atom. The van der Waals surface area contributed by atoms with Gasteiger partial charge >= 0.3 is 5.97 Å². The first-order chi connectivity index (χ1) is 8.50. The van der Waals surface area contributed by atoms with Gasteiger partial charge in [0.05, 0.1) is 5.92 Å². The first-order valence-corrected chi connectivity index (χ1v) is 6.33. The van der Waals surface area contributed by atoms with Gasteiger partial charge in [-0.05, 0) is 32.1 Å². The van der Waals surface area contributed by atoms with Gasteiger partial charge in [-0.3, -0.25) is 14.4 Å². The lowest BCUT2D eigenvalue weighted by Gasteiger charge is -2.25. The summed E-state index contributed by atoms with van der Waals surface area (Å²) in [6, 6.07) is -0.499. The number of nitrogens with two attached hydrogens (primary N) is 1. The number of rotatable bonds is 3. The number of hydrogen-bond acceptors (Lipinski definition) is 3. The van der Waals surface area contributed by atoms with Crippen LogP contribution in [0.4, 0.5) is 0 Å². The van der Waals surface area contributed by atoms with E-state index in [-0.39, 0.29) is 11.8 Å². The topological polar surface area (TPSA) is 101 Å². The van der Waals surface area contributed by atoms with E-state index in [0.717, 1.165) is 6.42 Å². The number of primary amides is 1. The van der Waals surface area contributed by atoms with Crippen molar-refractivity contribution in [3.8, 4) is 0 Å². The molecule has 1 aliphatic heterocycles. The zero-order valence-electron chi connectivity index (χ0n) is 10.2. The molecule has 1 aliphatic carbocycles. The van der Waals surface area contributed by atoms with Gasteiger partial charge in [0.15, 0.2) is 0 Å². The van der Waals surface area contributed by atoms with E-state index in [9.17, 15) is 14.4 Å². The van der Waals surface area contributed by atoms with Gasteiger partial charge in [0.25, 0.3) is 0 Å². The molecule has 0 aromatic carbocycles. The van der Waals surface area contributed by atoms with Crippen LogP contribution in [0.15, 0.2) is 0 Å². The van der Waals surface area contributed by atoms with Crippen LogP contribution < -0.4 is 5.73 Å². The Balaban J connectivity index is 2.00. The third-order valence-corrected chi connectivity index (χ3v) is 4.00.